The van der Waals surface area contributed by atoms with Crippen molar-refractivity contribution < 1.29 is 29.9 Å². The number of benzene rings is 4. The number of phenolic OH excluding ortho intramolecular Hbond substituents is 4. The van der Waals surface area contributed by atoms with E-state index in [1.165, 1.54) is 0 Å². The molecule has 0 spiro atoms. The molecular formula is C32H28O6. The van der Waals surface area contributed by atoms with Gasteiger partial charge >= 0.3 is 0 Å². The van der Waals surface area contributed by atoms with Crippen molar-refractivity contribution in [3.8, 4) is 34.5 Å². The van der Waals surface area contributed by atoms with Crippen molar-refractivity contribution in [2.45, 2.75) is 13.8 Å². The summed E-state index contributed by atoms with van der Waals surface area (Å²) in [5.41, 5.74) is 7.29. The van der Waals surface area contributed by atoms with Gasteiger partial charge in [0.05, 0.1) is 0 Å². The van der Waals surface area contributed by atoms with Gasteiger partial charge in [-0.2, -0.15) is 0 Å². The summed E-state index contributed by atoms with van der Waals surface area (Å²) in [4.78, 5) is 0. The van der Waals surface area contributed by atoms with E-state index in [1.54, 1.807) is 36.4 Å². The zero-order chi connectivity index (χ0) is 26.8. The minimum Gasteiger partial charge on any atom is -0.508 e. The monoisotopic (exact) mass is 508 g/mol. The van der Waals surface area contributed by atoms with Crippen LogP contribution in [0.3, 0.4) is 0 Å². The van der Waals surface area contributed by atoms with Crippen LogP contribution in [0.25, 0.3) is 23.3 Å². The SMILES string of the molecule is Cc1c(O)ccc2c1OCC(c1cccc(O)c1)=C2.Cc1c(O)ccc2c1OCC(c1cccc(O)c1)=C2. The predicted molar refractivity (Wildman–Crippen MR) is 149 cm³/mol. The summed E-state index contributed by atoms with van der Waals surface area (Å²) in [6.07, 6.45) is 4.06. The van der Waals surface area contributed by atoms with E-state index >= 15 is 0 Å². The number of fused-ring (bicyclic) bond motifs is 2. The number of phenols is 4. The molecule has 0 unspecified atom stereocenters. The van der Waals surface area contributed by atoms with Gasteiger partial charge in [-0.25, -0.2) is 0 Å². The Bertz CT molecular complexity index is 1460. The lowest BCUT2D eigenvalue weighted by molar-refractivity contribution is 0.358. The molecule has 0 saturated carbocycles. The highest BCUT2D eigenvalue weighted by molar-refractivity contribution is 5.87. The Labute approximate surface area is 221 Å². The summed E-state index contributed by atoms with van der Waals surface area (Å²) in [6, 6.07) is 21.2. The molecule has 2 aliphatic rings. The number of hydrogen-bond acceptors (Lipinski definition) is 6. The third kappa shape index (κ3) is 5.02. The maximum atomic E-state index is 9.66. The average molecular weight is 509 g/mol. The maximum Gasteiger partial charge on any atom is 0.133 e. The van der Waals surface area contributed by atoms with Crippen molar-refractivity contribution >= 4 is 23.3 Å². The number of aromatic hydroxyl groups is 4. The van der Waals surface area contributed by atoms with Crippen molar-refractivity contribution in [1.82, 2.24) is 0 Å². The second-order valence-corrected chi connectivity index (χ2v) is 9.27. The van der Waals surface area contributed by atoms with Crippen LogP contribution in [-0.2, 0) is 0 Å². The molecule has 192 valence electrons. The molecule has 6 nitrogen and oxygen atoms in total. The summed E-state index contributed by atoms with van der Waals surface area (Å²) in [6.45, 7) is 4.53. The molecule has 4 N–H and O–H groups in total. The molecule has 6 rings (SSSR count). The first-order valence-corrected chi connectivity index (χ1v) is 12.2. The molecule has 0 radical (unpaired) electrons. The fourth-order valence-electron chi connectivity index (χ4n) is 4.52. The molecule has 4 aromatic rings. The van der Waals surface area contributed by atoms with Gasteiger partial charge in [0.25, 0.3) is 0 Å². The second-order valence-electron chi connectivity index (χ2n) is 9.27. The Morgan fingerprint density at radius 2 is 0.974 bits per heavy atom. The lowest BCUT2D eigenvalue weighted by Gasteiger charge is -2.20. The van der Waals surface area contributed by atoms with E-state index in [1.807, 2.05) is 62.4 Å². The van der Waals surface area contributed by atoms with Gasteiger partial charge in [0.1, 0.15) is 47.7 Å². The molecule has 0 saturated heterocycles. The van der Waals surface area contributed by atoms with Gasteiger partial charge in [0.2, 0.25) is 0 Å². The topological polar surface area (TPSA) is 99.4 Å². The number of ether oxygens (including phenoxy) is 2. The highest BCUT2D eigenvalue weighted by atomic mass is 16.5. The molecule has 6 heteroatoms. The van der Waals surface area contributed by atoms with Gasteiger partial charge in [-0.05, 0) is 96.8 Å². The Morgan fingerprint density at radius 1 is 0.553 bits per heavy atom. The van der Waals surface area contributed by atoms with E-state index in [9.17, 15) is 20.4 Å². The second kappa shape index (κ2) is 10.3. The quantitative estimate of drug-likeness (QED) is 0.241. The molecule has 0 fully saturated rings. The van der Waals surface area contributed by atoms with Crippen LogP contribution < -0.4 is 9.47 Å². The highest BCUT2D eigenvalue weighted by Gasteiger charge is 2.18. The standard InChI is InChI=1S/2C16H14O3/c2*1-10-15(18)6-5-12-7-13(9-19-16(10)12)11-3-2-4-14(17)8-11/h2*2-8,17-18H,9H2,1H3. The zero-order valence-electron chi connectivity index (χ0n) is 21.1. The molecule has 38 heavy (non-hydrogen) atoms. The van der Waals surface area contributed by atoms with Gasteiger partial charge in [0, 0.05) is 22.3 Å². The van der Waals surface area contributed by atoms with E-state index in [-0.39, 0.29) is 23.0 Å². The molecule has 0 aliphatic carbocycles. The Kier molecular flexibility index (Phi) is 6.71. The van der Waals surface area contributed by atoms with Gasteiger partial charge in [-0.15, -0.1) is 0 Å². The van der Waals surface area contributed by atoms with E-state index in [2.05, 4.69) is 0 Å². The minimum absolute atomic E-state index is 0.242. The molecule has 0 atom stereocenters. The molecule has 0 aromatic heterocycles. The molecular weight excluding hydrogens is 480 g/mol. The normalized spacial score (nSPS) is 13.4. The third-order valence-electron chi connectivity index (χ3n) is 6.65. The number of hydrogen-bond donors (Lipinski definition) is 4. The van der Waals surface area contributed by atoms with Crippen molar-refractivity contribution in [3.63, 3.8) is 0 Å². The molecule has 4 aromatic carbocycles. The lowest BCUT2D eigenvalue weighted by Crippen LogP contribution is -2.07. The largest absolute Gasteiger partial charge is 0.508 e. The molecule has 0 bridgehead atoms. The van der Waals surface area contributed by atoms with Crippen molar-refractivity contribution in [2.24, 2.45) is 0 Å². The lowest BCUT2D eigenvalue weighted by atomic mass is 9.99. The minimum atomic E-state index is 0.242. The van der Waals surface area contributed by atoms with Crippen LogP contribution in [0.15, 0.2) is 72.8 Å². The van der Waals surface area contributed by atoms with Crippen LogP contribution in [-0.4, -0.2) is 33.6 Å². The zero-order valence-corrected chi connectivity index (χ0v) is 21.1. The van der Waals surface area contributed by atoms with Gasteiger partial charge in [0.15, 0.2) is 0 Å². The van der Waals surface area contributed by atoms with Crippen molar-refractivity contribution in [1.29, 1.82) is 0 Å². The van der Waals surface area contributed by atoms with Crippen LogP contribution in [0, 0.1) is 13.8 Å². The summed E-state index contributed by atoms with van der Waals surface area (Å²) in [7, 11) is 0. The third-order valence-corrected chi connectivity index (χ3v) is 6.65. The van der Waals surface area contributed by atoms with E-state index < -0.39 is 0 Å². The Hall–Kier alpha value is -4.84. The van der Waals surface area contributed by atoms with E-state index in [0.717, 1.165) is 56.0 Å². The van der Waals surface area contributed by atoms with Crippen LogP contribution in [0.2, 0.25) is 0 Å². The average Bonchev–Trinajstić information content (AvgIpc) is 2.93. The predicted octanol–water partition coefficient (Wildman–Crippen LogP) is 6.68. The summed E-state index contributed by atoms with van der Waals surface area (Å²) in [5.74, 6) is 2.42. The Morgan fingerprint density at radius 3 is 1.37 bits per heavy atom. The number of rotatable bonds is 2. The first-order chi connectivity index (χ1) is 18.3. The smallest absolute Gasteiger partial charge is 0.133 e. The highest BCUT2D eigenvalue weighted by Crippen LogP contribution is 2.38. The molecule has 2 heterocycles. The van der Waals surface area contributed by atoms with Gasteiger partial charge in [-0.1, -0.05) is 24.3 Å². The van der Waals surface area contributed by atoms with Crippen LogP contribution in [0.1, 0.15) is 33.4 Å². The van der Waals surface area contributed by atoms with Gasteiger partial charge < -0.3 is 29.9 Å². The Balaban J connectivity index is 0.000000155. The van der Waals surface area contributed by atoms with E-state index in [0.29, 0.717) is 13.2 Å². The van der Waals surface area contributed by atoms with Crippen molar-refractivity contribution in [3.05, 3.63) is 106 Å². The molecule has 0 amide bonds. The molecule has 2 aliphatic heterocycles. The fourth-order valence-corrected chi connectivity index (χ4v) is 4.52. The van der Waals surface area contributed by atoms with Crippen LogP contribution in [0.4, 0.5) is 0 Å². The summed E-state index contributed by atoms with van der Waals surface area (Å²) < 4.78 is 11.5. The van der Waals surface area contributed by atoms with Crippen LogP contribution >= 0.6 is 0 Å². The summed E-state index contributed by atoms with van der Waals surface area (Å²) in [5, 5.41) is 38.4. The van der Waals surface area contributed by atoms with Crippen LogP contribution in [0.5, 0.6) is 34.5 Å². The van der Waals surface area contributed by atoms with E-state index in [4.69, 9.17) is 9.47 Å². The fraction of sp³-hybridized carbons (Fsp3) is 0.125. The summed E-state index contributed by atoms with van der Waals surface area (Å²) >= 11 is 0. The first-order valence-electron chi connectivity index (χ1n) is 12.2. The first kappa shape index (κ1) is 24.8. The van der Waals surface area contributed by atoms with Crippen molar-refractivity contribution in [2.75, 3.05) is 13.2 Å². The maximum absolute atomic E-state index is 9.66. The van der Waals surface area contributed by atoms with Gasteiger partial charge in [-0.3, -0.25) is 0 Å².